The van der Waals surface area contributed by atoms with Crippen LogP contribution < -0.4 is 10.1 Å². The summed E-state index contributed by atoms with van der Waals surface area (Å²) in [6.07, 6.45) is 3.89. The predicted octanol–water partition coefficient (Wildman–Crippen LogP) is 2.60. The zero-order chi connectivity index (χ0) is 15.3. The molecule has 1 saturated carbocycles. The molecule has 2 N–H and O–H groups in total. The standard InChI is InChI=1S/C17H24N2O2/c1-13-5-7-17(20,8-6-13)12-19-11-15-9-14(10-18)3-4-16(15)21-2/h3-4,9,13,19-20H,5-8,11-12H2,1-2H3. The van der Waals surface area contributed by atoms with Gasteiger partial charge >= 0.3 is 0 Å². The van der Waals surface area contributed by atoms with Gasteiger partial charge < -0.3 is 15.2 Å². The van der Waals surface area contributed by atoms with Gasteiger partial charge in [-0.1, -0.05) is 6.92 Å². The lowest BCUT2D eigenvalue weighted by Gasteiger charge is -2.35. The summed E-state index contributed by atoms with van der Waals surface area (Å²) in [6.45, 7) is 3.42. The summed E-state index contributed by atoms with van der Waals surface area (Å²) >= 11 is 0. The molecule has 1 aromatic carbocycles. The molecule has 0 bridgehead atoms. The maximum atomic E-state index is 10.5. The largest absolute Gasteiger partial charge is 0.496 e. The summed E-state index contributed by atoms with van der Waals surface area (Å²) in [6, 6.07) is 7.53. The Bertz CT molecular complexity index is 514. The summed E-state index contributed by atoms with van der Waals surface area (Å²) in [7, 11) is 1.63. The van der Waals surface area contributed by atoms with E-state index in [-0.39, 0.29) is 0 Å². The van der Waals surface area contributed by atoms with Gasteiger partial charge in [-0.05, 0) is 49.8 Å². The van der Waals surface area contributed by atoms with Gasteiger partial charge in [-0.2, -0.15) is 5.26 Å². The van der Waals surface area contributed by atoms with Gasteiger partial charge in [0.2, 0.25) is 0 Å². The van der Waals surface area contributed by atoms with Crippen LogP contribution in [0.25, 0.3) is 0 Å². The van der Waals surface area contributed by atoms with Gasteiger partial charge in [-0.3, -0.25) is 0 Å². The molecule has 0 aromatic heterocycles. The van der Waals surface area contributed by atoms with E-state index in [0.717, 1.165) is 42.9 Å². The Balaban J connectivity index is 1.92. The second kappa shape index (κ2) is 6.93. The molecule has 2 rings (SSSR count). The first-order chi connectivity index (χ1) is 10.1. The van der Waals surface area contributed by atoms with Crippen molar-refractivity contribution in [1.82, 2.24) is 5.32 Å². The molecule has 0 spiro atoms. The average Bonchev–Trinajstić information content (AvgIpc) is 2.50. The Hall–Kier alpha value is -1.57. The fraction of sp³-hybridized carbons (Fsp3) is 0.588. The third kappa shape index (κ3) is 4.20. The second-order valence-electron chi connectivity index (χ2n) is 6.15. The molecule has 1 aromatic rings. The molecule has 1 fully saturated rings. The van der Waals surface area contributed by atoms with Gasteiger partial charge in [-0.25, -0.2) is 0 Å². The Kier molecular flexibility index (Phi) is 5.22. The molecule has 0 amide bonds. The molecule has 114 valence electrons. The summed E-state index contributed by atoms with van der Waals surface area (Å²) in [4.78, 5) is 0. The van der Waals surface area contributed by atoms with Crippen LogP contribution in [-0.4, -0.2) is 24.4 Å². The number of ether oxygens (including phenoxy) is 1. The summed E-state index contributed by atoms with van der Waals surface area (Å²) in [5.41, 5.74) is 0.981. The minimum absolute atomic E-state index is 0.583. The molecule has 0 saturated heterocycles. The number of methoxy groups -OCH3 is 1. The van der Waals surface area contributed by atoms with Gasteiger partial charge in [0, 0.05) is 18.7 Å². The molecule has 21 heavy (non-hydrogen) atoms. The molecule has 0 aliphatic heterocycles. The number of nitrogens with one attached hydrogen (secondary N) is 1. The van der Waals surface area contributed by atoms with E-state index >= 15 is 0 Å². The second-order valence-corrected chi connectivity index (χ2v) is 6.15. The van der Waals surface area contributed by atoms with Crippen LogP contribution in [-0.2, 0) is 6.54 Å². The number of rotatable bonds is 5. The van der Waals surface area contributed by atoms with Gasteiger partial charge in [-0.15, -0.1) is 0 Å². The third-order valence-corrected chi connectivity index (χ3v) is 4.38. The lowest BCUT2D eigenvalue weighted by Crippen LogP contribution is -2.43. The van der Waals surface area contributed by atoms with Crippen molar-refractivity contribution in [3.63, 3.8) is 0 Å². The lowest BCUT2D eigenvalue weighted by molar-refractivity contribution is -0.00633. The molecule has 1 aliphatic carbocycles. The molecule has 0 radical (unpaired) electrons. The van der Waals surface area contributed by atoms with Crippen molar-refractivity contribution in [2.24, 2.45) is 5.92 Å². The van der Waals surface area contributed by atoms with Crippen molar-refractivity contribution in [3.05, 3.63) is 29.3 Å². The topological polar surface area (TPSA) is 65.3 Å². The van der Waals surface area contributed by atoms with Gasteiger partial charge in [0.15, 0.2) is 0 Å². The predicted molar refractivity (Wildman–Crippen MR) is 82.0 cm³/mol. The van der Waals surface area contributed by atoms with Crippen LogP contribution in [0.3, 0.4) is 0 Å². The Morgan fingerprint density at radius 1 is 1.43 bits per heavy atom. The van der Waals surface area contributed by atoms with E-state index < -0.39 is 5.60 Å². The first-order valence-electron chi connectivity index (χ1n) is 7.56. The molecular formula is C17H24N2O2. The van der Waals surface area contributed by atoms with Crippen molar-refractivity contribution < 1.29 is 9.84 Å². The summed E-state index contributed by atoms with van der Waals surface area (Å²) < 4.78 is 5.31. The van der Waals surface area contributed by atoms with Crippen LogP contribution in [0.5, 0.6) is 5.75 Å². The van der Waals surface area contributed by atoms with Crippen LogP contribution in [0, 0.1) is 17.2 Å². The lowest BCUT2D eigenvalue weighted by atomic mass is 9.79. The average molecular weight is 288 g/mol. The van der Waals surface area contributed by atoms with Crippen LogP contribution in [0.1, 0.15) is 43.7 Å². The molecule has 0 atom stereocenters. The van der Waals surface area contributed by atoms with Crippen LogP contribution in [0.15, 0.2) is 18.2 Å². The van der Waals surface area contributed by atoms with E-state index in [4.69, 9.17) is 10.00 Å². The minimum Gasteiger partial charge on any atom is -0.496 e. The monoisotopic (exact) mass is 288 g/mol. The molecule has 4 nitrogen and oxygen atoms in total. The fourth-order valence-corrected chi connectivity index (χ4v) is 2.89. The molecule has 1 aliphatic rings. The zero-order valence-electron chi connectivity index (χ0n) is 12.9. The summed E-state index contributed by atoms with van der Waals surface area (Å²) in [5, 5.41) is 22.8. The highest BCUT2D eigenvalue weighted by molar-refractivity contribution is 5.41. The maximum absolute atomic E-state index is 10.5. The van der Waals surface area contributed by atoms with Crippen molar-refractivity contribution in [2.45, 2.75) is 44.8 Å². The number of nitrogens with zero attached hydrogens (tertiary/aromatic N) is 1. The highest BCUT2D eigenvalue weighted by Gasteiger charge is 2.31. The summed E-state index contributed by atoms with van der Waals surface area (Å²) in [5.74, 6) is 1.49. The zero-order valence-corrected chi connectivity index (χ0v) is 12.9. The molecular weight excluding hydrogens is 264 g/mol. The van der Waals surface area contributed by atoms with E-state index in [1.54, 1.807) is 13.2 Å². The molecule has 4 heteroatoms. The van der Waals surface area contributed by atoms with E-state index in [1.165, 1.54) is 0 Å². The smallest absolute Gasteiger partial charge is 0.123 e. The molecule has 0 heterocycles. The first kappa shape index (κ1) is 15.8. The van der Waals surface area contributed by atoms with Gasteiger partial charge in [0.1, 0.15) is 5.75 Å². The van der Waals surface area contributed by atoms with E-state index in [9.17, 15) is 5.11 Å². The van der Waals surface area contributed by atoms with Crippen molar-refractivity contribution in [3.8, 4) is 11.8 Å². The fourth-order valence-electron chi connectivity index (χ4n) is 2.89. The molecule has 0 unspecified atom stereocenters. The van der Waals surface area contributed by atoms with Crippen LogP contribution >= 0.6 is 0 Å². The van der Waals surface area contributed by atoms with Gasteiger partial charge in [0.25, 0.3) is 0 Å². The first-order valence-corrected chi connectivity index (χ1v) is 7.56. The SMILES string of the molecule is COc1ccc(C#N)cc1CNCC1(O)CCC(C)CC1. The van der Waals surface area contributed by atoms with E-state index in [1.807, 2.05) is 12.1 Å². The quantitative estimate of drug-likeness (QED) is 0.874. The Labute approximate surface area is 126 Å². The van der Waals surface area contributed by atoms with E-state index in [2.05, 4.69) is 18.3 Å². The minimum atomic E-state index is -0.591. The number of aliphatic hydroxyl groups is 1. The van der Waals surface area contributed by atoms with E-state index in [0.29, 0.717) is 18.7 Å². The highest BCUT2D eigenvalue weighted by Crippen LogP contribution is 2.31. The van der Waals surface area contributed by atoms with Crippen LogP contribution in [0.4, 0.5) is 0 Å². The van der Waals surface area contributed by atoms with Crippen molar-refractivity contribution in [2.75, 3.05) is 13.7 Å². The van der Waals surface area contributed by atoms with Gasteiger partial charge in [0.05, 0.1) is 24.3 Å². The maximum Gasteiger partial charge on any atom is 0.123 e. The number of benzene rings is 1. The van der Waals surface area contributed by atoms with Crippen molar-refractivity contribution >= 4 is 0 Å². The third-order valence-electron chi connectivity index (χ3n) is 4.38. The number of nitriles is 1. The van der Waals surface area contributed by atoms with Crippen LogP contribution in [0.2, 0.25) is 0 Å². The number of hydrogen-bond donors (Lipinski definition) is 2. The Morgan fingerprint density at radius 3 is 2.76 bits per heavy atom. The Morgan fingerprint density at radius 2 is 2.14 bits per heavy atom. The normalized spacial score (nSPS) is 25.3. The van der Waals surface area contributed by atoms with Crippen molar-refractivity contribution in [1.29, 1.82) is 5.26 Å². The number of hydrogen-bond acceptors (Lipinski definition) is 4. The highest BCUT2D eigenvalue weighted by atomic mass is 16.5.